The Morgan fingerprint density at radius 1 is 1.27 bits per heavy atom. The van der Waals surface area contributed by atoms with Gasteiger partial charge in [-0.05, 0) is 98.4 Å². The van der Waals surface area contributed by atoms with Crippen LogP contribution in [-0.4, -0.2) is 29.8 Å². The minimum Gasteiger partial charge on any atom is -0.494 e. The van der Waals surface area contributed by atoms with Gasteiger partial charge in [-0.1, -0.05) is 32.4 Å². The molecule has 33 heavy (non-hydrogen) atoms. The quantitative estimate of drug-likeness (QED) is 0.518. The van der Waals surface area contributed by atoms with Crippen molar-refractivity contribution in [3.05, 3.63) is 23.0 Å². The van der Waals surface area contributed by atoms with Gasteiger partial charge in [-0.3, -0.25) is 4.79 Å². The number of allylic oxidation sites excluding steroid dienone is 2. The van der Waals surface area contributed by atoms with Crippen LogP contribution in [0.25, 0.3) is 0 Å². The Bertz CT molecular complexity index is 861. The molecule has 0 radical (unpaired) electrons. The molecule has 1 aliphatic heterocycles. The highest BCUT2D eigenvalue weighted by Crippen LogP contribution is 2.68. The van der Waals surface area contributed by atoms with Gasteiger partial charge in [0.05, 0.1) is 11.9 Å². The number of hydrogen-bond acceptors (Lipinski definition) is 3. The van der Waals surface area contributed by atoms with Crippen molar-refractivity contribution in [2.24, 2.45) is 40.4 Å². The molecule has 4 heteroatoms. The molecule has 9 atom stereocenters. The van der Waals surface area contributed by atoms with E-state index in [-0.39, 0.29) is 12.0 Å². The van der Waals surface area contributed by atoms with E-state index in [1.54, 1.807) is 12.5 Å². The Balaban J connectivity index is 1.30. The molecule has 0 unspecified atom stereocenters. The third-order valence-corrected chi connectivity index (χ3v) is 10.8. The van der Waals surface area contributed by atoms with Gasteiger partial charge < -0.3 is 15.2 Å². The second kappa shape index (κ2) is 8.43. The number of nitrogens with one attached hydrogen (secondary N) is 1. The third kappa shape index (κ3) is 3.79. The fourth-order valence-electron chi connectivity index (χ4n) is 9.02. The van der Waals surface area contributed by atoms with E-state index in [4.69, 9.17) is 4.74 Å². The lowest BCUT2D eigenvalue weighted by Gasteiger charge is -2.57. The van der Waals surface area contributed by atoms with Crippen LogP contribution in [0.3, 0.4) is 0 Å². The molecule has 0 aromatic rings. The van der Waals surface area contributed by atoms with E-state index < -0.39 is 0 Å². The van der Waals surface area contributed by atoms with E-state index in [1.165, 1.54) is 37.0 Å². The molecule has 3 saturated carbocycles. The number of rotatable bonds is 5. The first-order valence-electron chi connectivity index (χ1n) is 13.6. The van der Waals surface area contributed by atoms with E-state index in [0.29, 0.717) is 28.8 Å². The van der Waals surface area contributed by atoms with Gasteiger partial charge in [-0.25, -0.2) is 0 Å². The van der Waals surface area contributed by atoms with Crippen LogP contribution < -0.4 is 5.32 Å². The molecular weight excluding hydrogens is 410 g/mol. The molecule has 0 spiro atoms. The fraction of sp³-hybridized carbons (Fsp3) is 0.828. The SMILES string of the molecule is CC(=O)NC[C@@H](C)CCC1=C(C)[C@@H]2[C@@H](C[C@@H]3[C@H]4CC=C5C[C@@H](O)CC[C@]5(C)[C@@H]4CC[C@@]32C)O1. The van der Waals surface area contributed by atoms with Crippen molar-refractivity contribution in [3.63, 3.8) is 0 Å². The van der Waals surface area contributed by atoms with Crippen molar-refractivity contribution in [1.82, 2.24) is 5.32 Å². The largest absolute Gasteiger partial charge is 0.494 e. The van der Waals surface area contributed by atoms with Gasteiger partial charge in [0, 0.05) is 25.8 Å². The van der Waals surface area contributed by atoms with Gasteiger partial charge in [0.2, 0.25) is 5.91 Å². The first kappa shape index (κ1) is 23.5. The average molecular weight is 456 g/mol. The van der Waals surface area contributed by atoms with Crippen LogP contribution in [0.5, 0.6) is 0 Å². The van der Waals surface area contributed by atoms with Crippen molar-refractivity contribution in [2.45, 2.75) is 105 Å². The number of aliphatic hydroxyl groups excluding tert-OH is 1. The van der Waals surface area contributed by atoms with E-state index in [2.05, 4.69) is 39.1 Å². The highest BCUT2D eigenvalue weighted by atomic mass is 16.5. The maximum Gasteiger partial charge on any atom is 0.216 e. The Kier molecular flexibility index (Phi) is 5.99. The summed E-state index contributed by atoms with van der Waals surface area (Å²) >= 11 is 0. The van der Waals surface area contributed by atoms with Crippen molar-refractivity contribution in [3.8, 4) is 0 Å². The van der Waals surface area contributed by atoms with E-state index in [0.717, 1.165) is 56.4 Å². The van der Waals surface area contributed by atoms with Crippen molar-refractivity contribution < 1.29 is 14.6 Å². The zero-order valence-electron chi connectivity index (χ0n) is 21.5. The second-order valence-electron chi connectivity index (χ2n) is 12.8. The summed E-state index contributed by atoms with van der Waals surface area (Å²) in [7, 11) is 0. The summed E-state index contributed by atoms with van der Waals surface area (Å²) in [5.41, 5.74) is 3.75. The molecule has 4 aliphatic carbocycles. The van der Waals surface area contributed by atoms with E-state index >= 15 is 0 Å². The van der Waals surface area contributed by atoms with Gasteiger partial charge in [0.15, 0.2) is 0 Å². The highest BCUT2D eigenvalue weighted by Gasteiger charge is 2.63. The van der Waals surface area contributed by atoms with Crippen molar-refractivity contribution in [2.75, 3.05) is 6.54 Å². The smallest absolute Gasteiger partial charge is 0.216 e. The molecule has 0 bridgehead atoms. The average Bonchev–Trinajstić information content (AvgIpc) is 3.24. The molecule has 1 heterocycles. The van der Waals surface area contributed by atoms with Crippen LogP contribution in [-0.2, 0) is 9.53 Å². The maximum absolute atomic E-state index is 11.2. The molecule has 5 aliphatic rings. The Morgan fingerprint density at radius 3 is 2.82 bits per heavy atom. The lowest BCUT2D eigenvalue weighted by atomic mass is 9.47. The molecule has 1 amide bonds. The number of carbonyl (C=O) groups is 1. The number of hydrogen-bond donors (Lipinski definition) is 2. The molecule has 3 fully saturated rings. The topological polar surface area (TPSA) is 58.6 Å². The summed E-state index contributed by atoms with van der Waals surface area (Å²) < 4.78 is 6.70. The van der Waals surface area contributed by atoms with Crippen LogP contribution in [0.1, 0.15) is 92.4 Å². The lowest BCUT2D eigenvalue weighted by molar-refractivity contribution is -0.119. The molecule has 4 nitrogen and oxygen atoms in total. The Labute approximate surface area is 200 Å². The molecule has 184 valence electrons. The summed E-state index contributed by atoms with van der Waals surface area (Å²) in [6.45, 7) is 12.0. The summed E-state index contributed by atoms with van der Waals surface area (Å²) in [6.07, 6.45) is 13.0. The first-order chi connectivity index (χ1) is 15.6. The fourth-order valence-corrected chi connectivity index (χ4v) is 9.02. The summed E-state index contributed by atoms with van der Waals surface area (Å²) in [6, 6.07) is 0. The van der Waals surface area contributed by atoms with Gasteiger partial charge in [0.25, 0.3) is 0 Å². The molecule has 2 N–H and O–H groups in total. The minimum atomic E-state index is -0.124. The molecule has 0 aromatic heterocycles. The Morgan fingerprint density at radius 2 is 2.06 bits per heavy atom. The predicted octanol–water partition coefficient (Wildman–Crippen LogP) is 5.76. The second-order valence-corrected chi connectivity index (χ2v) is 12.8. The van der Waals surface area contributed by atoms with Crippen LogP contribution in [0, 0.1) is 40.4 Å². The van der Waals surface area contributed by atoms with Crippen LogP contribution in [0.15, 0.2) is 23.0 Å². The highest BCUT2D eigenvalue weighted by molar-refractivity contribution is 5.72. The van der Waals surface area contributed by atoms with Gasteiger partial charge >= 0.3 is 0 Å². The minimum absolute atomic E-state index is 0.0569. The van der Waals surface area contributed by atoms with E-state index in [9.17, 15) is 9.90 Å². The summed E-state index contributed by atoms with van der Waals surface area (Å²) in [4.78, 5) is 11.2. The molecule has 0 saturated heterocycles. The van der Waals surface area contributed by atoms with Crippen molar-refractivity contribution in [1.29, 1.82) is 0 Å². The first-order valence-corrected chi connectivity index (χ1v) is 13.6. The van der Waals surface area contributed by atoms with E-state index in [1.807, 2.05) is 0 Å². The number of amides is 1. The molecular formula is C29H45NO3. The van der Waals surface area contributed by atoms with Crippen LogP contribution in [0.2, 0.25) is 0 Å². The van der Waals surface area contributed by atoms with Gasteiger partial charge in [-0.15, -0.1) is 0 Å². The summed E-state index contributed by atoms with van der Waals surface area (Å²) in [5.74, 6) is 4.66. The van der Waals surface area contributed by atoms with Crippen LogP contribution in [0.4, 0.5) is 0 Å². The van der Waals surface area contributed by atoms with Gasteiger partial charge in [-0.2, -0.15) is 0 Å². The lowest BCUT2D eigenvalue weighted by Crippen LogP contribution is -2.50. The predicted molar refractivity (Wildman–Crippen MR) is 131 cm³/mol. The third-order valence-electron chi connectivity index (χ3n) is 10.8. The maximum atomic E-state index is 11.2. The normalized spacial score (nSPS) is 44.7. The number of aliphatic hydroxyl groups is 1. The Hall–Kier alpha value is -1.29. The standard InChI is InChI=1S/C29H45NO3/c1-17(16-30-19(3)31)6-9-25-18(2)27-26(33-25)15-24-22-8-7-20-14-21(32)10-12-28(20,4)23(22)11-13-29(24,27)5/h7,17,21-24,26-27,32H,6,8-16H2,1-5H3,(H,30,31)/t17-,21-,22-,23+,24+,26+,27+,28-,29-/m0/s1. The summed E-state index contributed by atoms with van der Waals surface area (Å²) in [5, 5.41) is 13.2. The van der Waals surface area contributed by atoms with Gasteiger partial charge in [0.1, 0.15) is 6.10 Å². The zero-order chi connectivity index (χ0) is 23.5. The number of fused-ring (bicyclic) bond motifs is 7. The monoisotopic (exact) mass is 455 g/mol. The molecule has 5 rings (SSSR count). The van der Waals surface area contributed by atoms with Crippen LogP contribution >= 0.6 is 0 Å². The van der Waals surface area contributed by atoms with Crippen molar-refractivity contribution >= 4 is 5.91 Å². The molecule has 0 aromatic carbocycles. The number of carbonyl (C=O) groups excluding carboxylic acids is 1. The number of ether oxygens (including phenoxy) is 1. The zero-order valence-corrected chi connectivity index (χ0v) is 21.5.